The number of hydrogen-bond acceptors (Lipinski definition) is 3. The first-order valence-corrected chi connectivity index (χ1v) is 8.76. The molecule has 30 heavy (non-hydrogen) atoms. The maximum atomic E-state index is 12.2. The maximum absolute atomic E-state index is 12.2. The number of para-hydroxylation sites is 1. The number of anilines is 1. The lowest BCUT2D eigenvalue weighted by Crippen LogP contribution is -2.22. The Labute approximate surface area is 189 Å². The molecule has 1 heterocycles. The molecule has 0 spiro atoms. The van der Waals surface area contributed by atoms with Crippen LogP contribution in [0.15, 0.2) is 59.6 Å². The molecule has 0 radical (unpaired) electrons. The zero-order valence-corrected chi connectivity index (χ0v) is 18.6. The lowest BCUT2D eigenvalue weighted by atomic mass is 10.2. The predicted molar refractivity (Wildman–Crippen MR) is 121 cm³/mol. The summed E-state index contributed by atoms with van der Waals surface area (Å²) < 4.78 is 42.3. The van der Waals surface area contributed by atoms with Crippen LogP contribution in [0, 0.1) is 13.8 Å². The van der Waals surface area contributed by atoms with Gasteiger partial charge in [0.25, 0.3) is 0 Å². The minimum absolute atomic E-state index is 0. The molecule has 10 heteroatoms. The standard InChI is InChI=1S/C20H20F3N5O.HI/c1-13-18(14(2)28(27-13)16-6-4-3-5-7-16)12-25-19(24)26-15-8-10-17(11-9-15)29-20(21,22)23;/h3-11H,12H2,1-2H3,(H3,24,25,26);1H. The van der Waals surface area contributed by atoms with Crippen LogP contribution in [0.4, 0.5) is 18.9 Å². The minimum Gasteiger partial charge on any atom is -0.406 e. The van der Waals surface area contributed by atoms with Gasteiger partial charge in [-0.25, -0.2) is 9.67 Å². The predicted octanol–water partition coefficient (Wildman–Crippen LogP) is 4.93. The smallest absolute Gasteiger partial charge is 0.406 e. The number of alkyl halides is 3. The molecule has 0 aliphatic carbocycles. The number of guanidine groups is 1. The molecule has 0 bridgehead atoms. The summed E-state index contributed by atoms with van der Waals surface area (Å²) in [6, 6.07) is 15.0. The zero-order chi connectivity index (χ0) is 21.0. The van der Waals surface area contributed by atoms with Crippen molar-refractivity contribution in [2.24, 2.45) is 10.7 Å². The molecule has 3 aromatic rings. The molecule has 160 valence electrons. The summed E-state index contributed by atoms with van der Waals surface area (Å²) in [4.78, 5) is 4.32. The Balaban J connectivity index is 0.00000320. The Hall–Kier alpha value is -2.76. The van der Waals surface area contributed by atoms with Crippen molar-refractivity contribution in [1.29, 1.82) is 0 Å². The molecule has 0 amide bonds. The maximum Gasteiger partial charge on any atom is 0.573 e. The molecule has 3 N–H and O–H groups in total. The number of nitrogens with one attached hydrogen (secondary N) is 1. The third-order valence-corrected chi connectivity index (χ3v) is 4.21. The lowest BCUT2D eigenvalue weighted by molar-refractivity contribution is -0.274. The van der Waals surface area contributed by atoms with Crippen LogP contribution >= 0.6 is 24.0 Å². The van der Waals surface area contributed by atoms with E-state index in [1.165, 1.54) is 24.3 Å². The number of aryl methyl sites for hydroxylation is 1. The third kappa shape index (κ3) is 6.12. The van der Waals surface area contributed by atoms with E-state index in [1.807, 2.05) is 48.9 Å². The monoisotopic (exact) mass is 531 g/mol. The van der Waals surface area contributed by atoms with Gasteiger partial charge in [-0.05, 0) is 50.2 Å². The summed E-state index contributed by atoms with van der Waals surface area (Å²) in [5, 5.41) is 7.40. The number of halogens is 4. The van der Waals surface area contributed by atoms with Crippen LogP contribution in [0.5, 0.6) is 5.75 Å². The van der Waals surface area contributed by atoms with Gasteiger partial charge in [0.05, 0.1) is 17.9 Å². The normalized spacial score (nSPS) is 11.7. The summed E-state index contributed by atoms with van der Waals surface area (Å²) >= 11 is 0. The zero-order valence-electron chi connectivity index (χ0n) is 16.3. The number of nitrogens with zero attached hydrogens (tertiary/aromatic N) is 3. The van der Waals surface area contributed by atoms with Gasteiger partial charge in [0.2, 0.25) is 0 Å². The number of ether oxygens (including phenoxy) is 1. The van der Waals surface area contributed by atoms with Crippen molar-refractivity contribution >= 4 is 35.6 Å². The third-order valence-electron chi connectivity index (χ3n) is 4.21. The first-order valence-electron chi connectivity index (χ1n) is 8.76. The molecule has 0 saturated carbocycles. The van der Waals surface area contributed by atoms with E-state index in [0.29, 0.717) is 12.2 Å². The second-order valence-electron chi connectivity index (χ2n) is 6.30. The summed E-state index contributed by atoms with van der Waals surface area (Å²) in [7, 11) is 0. The van der Waals surface area contributed by atoms with Crippen molar-refractivity contribution in [2.75, 3.05) is 5.32 Å². The topological polar surface area (TPSA) is 77.5 Å². The SMILES string of the molecule is Cc1nn(-c2ccccc2)c(C)c1CN=C(N)Nc1ccc(OC(F)(F)F)cc1.I. The van der Waals surface area contributed by atoms with E-state index in [-0.39, 0.29) is 35.7 Å². The number of aromatic nitrogens is 2. The molecule has 0 saturated heterocycles. The highest BCUT2D eigenvalue weighted by molar-refractivity contribution is 14.0. The van der Waals surface area contributed by atoms with Crippen LogP contribution in [-0.2, 0) is 6.54 Å². The van der Waals surface area contributed by atoms with Gasteiger partial charge in [0, 0.05) is 16.9 Å². The Bertz CT molecular complexity index is 1000. The fraction of sp³-hybridized carbons (Fsp3) is 0.200. The van der Waals surface area contributed by atoms with Crippen molar-refractivity contribution in [3.8, 4) is 11.4 Å². The molecule has 2 aromatic carbocycles. The van der Waals surface area contributed by atoms with E-state index in [1.54, 1.807) is 0 Å². The first kappa shape index (κ1) is 23.5. The number of hydrogen-bond donors (Lipinski definition) is 2. The summed E-state index contributed by atoms with van der Waals surface area (Å²) in [6.45, 7) is 4.18. The molecular weight excluding hydrogens is 510 g/mol. The van der Waals surface area contributed by atoms with Crippen LogP contribution in [0.25, 0.3) is 5.69 Å². The summed E-state index contributed by atoms with van der Waals surface area (Å²) in [5.41, 5.74) is 10.1. The van der Waals surface area contributed by atoms with E-state index in [0.717, 1.165) is 22.6 Å². The Morgan fingerprint density at radius 1 is 1.10 bits per heavy atom. The molecule has 3 rings (SSSR count). The number of nitrogens with two attached hydrogens (primary N) is 1. The van der Waals surface area contributed by atoms with Gasteiger partial charge in [-0.1, -0.05) is 18.2 Å². The average Bonchev–Trinajstić information content (AvgIpc) is 2.95. The molecular formula is C20H21F3IN5O. The van der Waals surface area contributed by atoms with Crippen molar-refractivity contribution in [3.63, 3.8) is 0 Å². The van der Waals surface area contributed by atoms with Crippen LogP contribution in [-0.4, -0.2) is 22.1 Å². The van der Waals surface area contributed by atoms with E-state index in [4.69, 9.17) is 5.73 Å². The van der Waals surface area contributed by atoms with Crippen molar-refractivity contribution in [2.45, 2.75) is 26.8 Å². The molecule has 6 nitrogen and oxygen atoms in total. The quantitative estimate of drug-likeness (QED) is 0.278. The van der Waals surface area contributed by atoms with Gasteiger partial charge in [-0.15, -0.1) is 37.1 Å². The van der Waals surface area contributed by atoms with E-state index >= 15 is 0 Å². The Kier molecular flexibility index (Phi) is 7.71. The highest BCUT2D eigenvalue weighted by atomic mass is 127. The lowest BCUT2D eigenvalue weighted by Gasteiger charge is -2.10. The molecule has 0 atom stereocenters. The highest BCUT2D eigenvalue weighted by Crippen LogP contribution is 2.24. The molecule has 0 aliphatic heterocycles. The van der Waals surface area contributed by atoms with Crippen LogP contribution < -0.4 is 15.8 Å². The second-order valence-corrected chi connectivity index (χ2v) is 6.30. The van der Waals surface area contributed by atoms with E-state index < -0.39 is 6.36 Å². The minimum atomic E-state index is -4.73. The van der Waals surface area contributed by atoms with Gasteiger partial charge in [-0.2, -0.15) is 5.10 Å². The van der Waals surface area contributed by atoms with Gasteiger partial charge in [0.15, 0.2) is 5.96 Å². The van der Waals surface area contributed by atoms with Crippen LogP contribution in [0.1, 0.15) is 17.0 Å². The van der Waals surface area contributed by atoms with Gasteiger partial charge in [0.1, 0.15) is 5.75 Å². The largest absolute Gasteiger partial charge is 0.573 e. The average molecular weight is 531 g/mol. The summed E-state index contributed by atoms with van der Waals surface area (Å²) in [5.74, 6) is -0.168. The summed E-state index contributed by atoms with van der Waals surface area (Å²) in [6.07, 6.45) is -4.73. The van der Waals surface area contributed by atoms with Crippen molar-refractivity contribution in [3.05, 3.63) is 71.5 Å². The van der Waals surface area contributed by atoms with E-state index in [9.17, 15) is 13.2 Å². The fourth-order valence-electron chi connectivity index (χ4n) is 2.82. The molecule has 0 unspecified atom stereocenters. The molecule has 0 fully saturated rings. The molecule has 0 aliphatic rings. The van der Waals surface area contributed by atoms with Crippen molar-refractivity contribution in [1.82, 2.24) is 9.78 Å². The second kappa shape index (κ2) is 9.83. The van der Waals surface area contributed by atoms with Gasteiger partial charge < -0.3 is 15.8 Å². The van der Waals surface area contributed by atoms with Crippen LogP contribution in [0.2, 0.25) is 0 Å². The Morgan fingerprint density at radius 3 is 2.33 bits per heavy atom. The van der Waals surface area contributed by atoms with Crippen molar-refractivity contribution < 1.29 is 17.9 Å². The number of rotatable bonds is 5. The van der Waals surface area contributed by atoms with Gasteiger partial charge in [-0.3, -0.25) is 0 Å². The van der Waals surface area contributed by atoms with Crippen LogP contribution in [0.3, 0.4) is 0 Å². The molecule has 1 aromatic heterocycles. The first-order chi connectivity index (χ1) is 13.7. The highest BCUT2D eigenvalue weighted by Gasteiger charge is 2.30. The van der Waals surface area contributed by atoms with Gasteiger partial charge >= 0.3 is 6.36 Å². The Morgan fingerprint density at radius 2 is 1.73 bits per heavy atom. The van der Waals surface area contributed by atoms with E-state index in [2.05, 4.69) is 20.1 Å². The number of aliphatic imine (C=N–C) groups is 1. The fourth-order valence-corrected chi connectivity index (χ4v) is 2.82. The number of benzene rings is 2.